The lowest BCUT2D eigenvalue weighted by Gasteiger charge is -2.25. The molecule has 1 aliphatic rings. The van der Waals surface area contributed by atoms with Crippen LogP contribution in [0.5, 0.6) is 17.2 Å². The predicted octanol–water partition coefficient (Wildman–Crippen LogP) is 3.94. The van der Waals surface area contributed by atoms with Crippen LogP contribution in [0.4, 0.5) is 0 Å². The molecule has 5 heteroatoms. The van der Waals surface area contributed by atoms with Crippen LogP contribution in [0.1, 0.15) is 48.5 Å². The van der Waals surface area contributed by atoms with Crippen LogP contribution in [-0.4, -0.2) is 25.2 Å². The van der Waals surface area contributed by atoms with Crippen molar-refractivity contribution >= 4 is 5.78 Å². The third kappa shape index (κ3) is 5.05. The van der Waals surface area contributed by atoms with E-state index in [1.807, 2.05) is 0 Å². The monoisotopic (exact) mass is 379 g/mol. The van der Waals surface area contributed by atoms with Gasteiger partial charge in [0.05, 0.1) is 5.56 Å². The third-order valence-corrected chi connectivity index (χ3v) is 4.35. The van der Waals surface area contributed by atoms with Gasteiger partial charge in [0.25, 0.3) is 0 Å². The van der Waals surface area contributed by atoms with Gasteiger partial charge in [0, 0.05) is 12.0 Å². The second-order valence-electron chi connectivity index (χ2n) is 6.55. The average Bonchev–Trinajstić information content (AvgIpc) is 2.72. The summed E-state index contributed by atoms with van der Waals surface area (Å²) in [5.74, 6) is 7.57. The summed E-state index contributed by atoms with van der Waals surface area (Å²) in [5.41, 5.74) is 6.75. The summed E-state index contributed by atoms with van der Waals surface area (Å²) >= 11 is 0. The third-order valence-electron chi connectivity index (χ3n) is 4.35. The number of para-hydroxylation sites is 1. The zero-order valence-corrected chi connectivity index (χ0v) is 16.1. The van der Waals surface area contributed by atoms with Crippen LogP contribution in [0, 0.1) is 11.8 Å². The molecule has 0 aromatic heterocycles. The van der Waals surface area contributed by atoms with Gasteiger partial charge in [-0.05, 0) is 42.8 Å². The van der Waals surface area contributed by atoms with E-state index in [2.05, 4.69) is 18.8 Å². The SMILES string of the molecule is CCCCCC#CCOc1ccc(C(=O)c2cccc3c2OC(N)CO3)cc1. The summed E-state index contributed by atoms with van der Waals surface area (Å²) in [6.45, 7) is 2.78. The Morgan fingerprint density at radius 3 is 2.79 bits per heavy atom. The van der Waals surface area contributed by atoms with Gasteiger partial charge >= 0.3 is 0 Å². The van der Waals surface area contributed by atoms with Crippen molar-refractivity contribution in [2.75, 3.05) is 13.2 Å². The van der Waals surface area contributed by atoms with Gasteiger partial charge in [0.15, 0.2) is 23.5 Å². The first-order chi connectivity index (χ1) is 13.7. The topological polar surface area (TPSA) is 70.8 Å². The molecule has 0 spiro atoms. The molecular formula is C23H25NO4. The van der Waals surface area contributed by atoms with Crippen molar-refractivity contribution in [3.05, 3.63) is 53.6 Å². The van der Waals surface area contributed by atoms with Crippen LogP contribution in [0.15, 0.2) is 42.5 Å². The van der Waals surface area contributed by atoms with Crippen molar-refractivity contribution in [1.29, 1.82) is 0 Å². The number of fused-ring (bicyclic) bond motifs is 1. The fourth-order valence-electron chi connectivity index (χ4n) is 2.87. The maximum absolute atomic E-state index is 12.9. The van der Waals surface area contributed by atoms with Crippen LogP contribution in [-0.2, 0) is 0 Å². The average molecular weight is 379 g/mol. The van der Waals surface area contributed by atoms with Gasteiger partial charge in [-0.25, -0.2) is 0 Å². The van der Waals surface area contributed by atoms with Crippen LogP contribution in [0.2, 0.25) is 0 Å². The minimum atomic E-state index is -0.583. The molecule has 0 saturated carbocycles. The van der Waals surface area contributed by atoms with E-state index in [0.717, 1.165) is 12.8 Å². The molecule has 1 heterocycles. The highest BCUT2D eigenvalue weighted by Crippen LogP contribution is 2.35. The zero-order chi connectivity index (χ0) is 19.8. The smallest absolute Gasteiger partial charge is 0.196 e. The molecule has 146 valence electrons. The van der Waals surface area contributed by atoms with Crippen LogP contribution in [0.25, 0.3) is 0 Å². The lowest BCUT2D eigenvalue weighted by molar-refractivity contribution is 0.0901. The van der Waals surface area contributed by atoms with Crippen LogP contribution in [0.3, 0.4) is 0 Å². The van der Waals surface area contributed by atoms with Crippen molar-refractivity contribution < 1.29 is 19.0 Å². The fourth-order valence-corrected chi connectivity index (χ4v) is 2.87. The van der Waals surface area contributed by atoms with E-state index in [4.69, 9.17) is 19.9 Å². The molecule has 0 saturated heterocycles. The highest BCUT2D eigenvalue weighted by molar-refractivity contribution is 6.11. The number of ether oxygens (including phenoxy) is 3. The van der Waals surface area contributed by atoms with Gasteiger partial charge in [0.2, 0.25) is 0 Å². The molecule has 2 N–H and O–H groups in total. The normalized spacial score (nSPS) is 14.7. The number of unbranched alkanes of at least 4 members (excludes halogenated alkanes) is 3. The number of nitrogens with two attached hydrogens (primary N) is 1. The lowest BCUT2D eigenvalue weighted by Crippen LogP contribution is -2.37. The highest BCUT2D eigenvalue weighted by atomic mass is 16.6. The van der Waals surface area contributed by atoms with E-state index >= 15 is 0 Å². The van der Waals surface area contributed by atoms with Gasteiger partial charge < -0.3 is 14.2 Å². The first-order valence-corrected chi connectivity index (χ1v) is 9.60. The Morgan fingerprint density at radius 2 is 2.00 bits per heavy atom. The number of carbonyl (C=O) groups excluding carboxylic acids is 1. The van der Waals surface area contributed by atoms with Crippen molar-refractivity contribution in [2.24, 2.45) is 5.73 Å². The minimum absolute atomic E-state index is 0.156. The molecule has 0 aliphatic carbocycles. The summed E-state index contributed by atoms with van der Waals surface area (Å²) in [5, 5.41) is 0. The van der Waals surface area contributed by atoms with Gasteiger partial charge in [-0.3, -0.25) is 10.5 Å². The van der Waals surface area contributed by atoms with Gasteiger partial charge in [-0.15, -0.1) is 0 Å². The van der Waals surface area contributed by atoms with Crippen molar-refractivity contribution in [3.8, 4) is 29.1 Å². The first-order valence-electron chi connectivity index (χ1n) is 9.60. The lowest BCUT2D eigenvalue weighted by atomic mass is 10.0. The number of carbonyl (C=O) groups is 1. The minimum Gasteiger partial charge on any atom is -0.484 e. The first kappa shape index (κ1) is 19.8. The number of ketones is 1. The molecular weight excluding hydrogens is 354 g/mol. The Morgan fingerprint density at radius 1 is 1.18 bits per heavy atom. The molecule has 1 unspecified atom stereocenters. The van der Waals surface area contributed by atoms with Crippen molar-refractivity contribution in [1.82, 2.24) is 0 Å². The molecule has 5 nitrogen and oxygen atoms in total. The quantitative estimate of drug-likeness (QED) is 0.448. The highest BCUT2D eigenvalue weighted by Gasteiger charge is 2.24. The zero-order valence-electron chi connectivity index (χ0n) is 16.1. The summed E-state index contributed by atoms with van der Waals surface area (Å²) < 4.78 is 16.8. The molecule has 0 radical (unpaired) electrons. The van der Waals surface area contributed by atoms with Gasteiger partial charge in [-0.2, -0.15) is 0 Å². The molecule has 3 rings (SSSR count). The number of hydrogen-bond donors (Lipinski definition) is 1. The fraction of sp³-hybridized carbons (Fsp3) is 0.348. The summed E-state index contributed by atoms with van der Waals surface area (Å²) in [6, 6.07) is 12.2. The molecule has 0 fully saturated rings. The van der Waals surface area contributed by atoms with E-state index in [1.54, 1.807) is 42.5 Å². The Hall–Kier alpha value is -2.97. The summed E-state index contributed by atoms with van der Waals surface area (Å²) in [7, 11) is 0. The Kier molecular flexibility index (Phi) is 6.94. The van der Waals surface area contributed by atoms with Crippen LogP contribution >= 0.6 is 0 Å². The van der Waals surface area contributed by atoms with Gasteiger partial charge in [0.1, 0.15) is 19.0 Å². The Labute approximate surface area is 165 Å². The maximum Gasteiger partial charge on any atom is 0.196 e. The Balaban J connectivity index is 1.62. The second-order valence-corrected chi connectivity index (χ2v) is 6.55. The Bertz CT molecular complexity index is 864. The number of benzene rings is 2. The van der Waals surface area contributed by atoms with Crippen molar-refractivity contribution in [2.45, 2.75) is 38.8 Å². The summed E-state index contributed by atoms with van der Waals surface area (Å²) in [4.78, 5) is 12.9. The number of rotatable bonds is 7. The molecule has 2 aromatic rings. The largest absolute Gasteiger partial charge is 0.484 e. The molecule has 0 bridgehead atoms. The van der Waals surface area contributed by atoms with E-state index < -0.39 is 6.23 Å². The number of hydrogen-bond acceptors (Lipinski definition) is 5. The molecule has 1 aliphatic heterocycles. The van der Waals surface area contributed by atoms with Crippen molar-refractivity contribution in [3.63, 3.8) is 0 Å². The maximum atomic E-state index is 12.9. The molecule has 1 atom stereocenters. The molecule has 0 amide bonds. The molecule has 2 aromatic carbocycles. The van der Waals surface area contributed by atoms with E-state index in [0.29, 0.717) is 35.0 Å². The molecule has 28 heavy (non-hydrogen) atoms. The van der Waals surface area contributed by atoms with Crippen LogP contribution < -0.4 is 19.9 Å². The van der Waals surface area contributed by atoms with E-state index in [9.17, 15) is 4.79 Å². The van der Waals surface area contributed by atoms with E-state index in [-0.39, 0.29) is 12.4 Å². The van der Waals surface area contributed by atoms with Gasteiger partial charge in [-0.1, -0.05) is 37.7 Å². The predicted molar refractivity (Wildman–Crippen MR) is 108 cm³/mol. The second kappa shape index (κ2) is 9.82. The summed E-state index contributed by atoms with van der Waals surface area (Å²) in [6.07, 6.45) is 3.85. The standard InChI is InChI=1S/C23H25NO4/c1-2-3-4-5-6-7-15-26-18-13-11-17(12-14-18)22(25)19-9-8-10-20-23(19)28-21(24)16-27-20/h8-14,21H,2-5,15-16,24H2,1H3. The van der Waals surface area contributed by atoms with E-state index in [1.165, 1.54) is 12.8 Å².